The van der Waals surface area contributed by atoms with Gasteiger partial charge in [-0.2, -0.15) is 0 Å². The van der Waals surface area contributed by atoms with E-state index in [0.717, 1.165) is 25.8 Å². The maximum atomic E-state index is 11.1. The summed E-state index contributed by atoms with van der Waals surface area (Å²) in [7, 11) is 0. The Kier molecular flexibility index (Phi) is 3.32. The number of likely N-dealkylation sites (tertiary alicyclic amines) is 1. The van der Waals surface area contributed by atoms with Crippen LogP contribution in [0.25, 0.3) is 0 Å². The summed E-state index contributed by atoms with van der Waals surface area (Å²) in [5.74, 6) is 0.855. The van der Waals surface area contributed by atoms with Crippen molar-refractivity contribution in [1.82, 2.24) is 4.90 Å². The van der Waals surface area contributed by atoms with Crippen LogP contribution in [0.3, 0.4) is 0 Å². The van der Waals surface area contributed by atoms with Gasteiger partial charge >= 0.3 is 0 Å². The van der Waals surface area contributed by atoms with E-state index in [2.05, 4.69) is 19.9 Å². The number of hydrogen-bond donors (Lipinski definition) is 0. The van der Waals surface area contributed by atoms with Crippen molar-refractivity contribution in [3.8, 4) is 0 Å². The van der Waals surface area contributed by atoms with Crippen LogP contribution < -0.4 is 0 Å². The molecule has 1 unspecified atom stereocenters. The molecule has 1 aliphatic rings. The molecule has 1 fully saturated rings. The molecule has 0 bridgehead atoms. The highest BCUT2D eigenvalue weighted by molar-refractivity contribution is 5.79. The Morgan fingerprint density at radius 2 is 2.42 bits per heavy atom. The largest absolute Gasteiger partial charge is 0.319 e. The predicted molar refractivity (Wildman–Crippen MR) is 49.5 cm³/mol. The minimum atomic E-state index is 0.273. The van der Waals surface area contributed by atoms with E-state index in [0.29, 0.717) is 5.92 Å². The van der Waals surface area contributed by atoms with Crippen molar-refractivity contribution in [1.29, 1.82) is 0 Å². The van der Waals surface area contributed by atoms with Crippen LogP contribution in [0.15, 0.2) is 12.3 Å². The standard InChI is InChI=1S/C10H17NO/c1-3-9(2)6-8-11-7-4-5-10(11)12/h6,8-9H,3-5,7H2,1-2H3. The lowest BCUT2D eigenvalue weighted by Crippen LogP contribution is -2.17. The van der Waals surface area contributed by atoms with Crippen LogP contribution in [0.4, 0.5) is 0 Å². The van der Waals surface area contributed by atoms with Gasteiger partial charge in [-0.25, -0.2) is 0 Å². The summed E-state index contributed by atoms with van der Waals surface area (Å²) in [6.45, 7) is 5.23. The van der Waals surface area contributed by atoms with Gasteiger partial charge in [0.25, 0.3) is 0 Å². The number of carbonyl (C=O) groups excluding carboxylic acids is 1. The van der Waals surface area contributed by atoms with Crippen molar-refractivity contribution in [2.45, 2.75) is 33.1 Å². The maximum absolute atomic E-state index is 11.1. The minimum Gasteiger partial charge on any atom is -0.319 e. The van der Waals surface area contributed by atoms with Crippen LogP contribution >= 0.6 is 0 Å². The predicted octanol–water partition coefficient (Wildman–Crippen LogP) is 2.17. The first-order valence-electron chi connectivity index (χ1n) is 4.72. The summed E-state index contributed by atoms with van der Waals surface area (Å²) in [6, 6.07) is 0. The van der Waals surface area contributed by atoms with Gasteiger partial charge in [-0.05, 0) is 12.3 Å². The summed E-state index contributed by atoms with van der Waals surface area (Å²) in [6.07, 6.45) is 6.94. The topological polar surface area (TPSA) is 20.3 Å². The summed E-state index contributed by atoms with van der Waals surface area (Å²) in [4.78, 5) is 13.0. The van der Waals surface area contributed by atoms with Gasteiger partial charge in [0.2, 0.25) is 5.91 Å². The Morgan fingerprint density at radius 1 is 1.67 bits per heavy atom. The molecule has 0 spiro atoms. The third-order valence-electron chi connectivity index (χ3n) is 2.35. The van der Waals surface area contributed by atoms with Crippen molar-refractivity contribution >= 4 is 5.91 Å². The second-order valence-corrected chi connectivity index (χ2v) is 3.42. The SMILES string of the molecule is CCC(C)C=CN1CCCC1=O. The number of allylic oxidation sites excluding steroid dienone is 1. The zero-order chi connectivity index (χ0) is 8.97. The highest BCUT2D eigenvalue weighted by Gasteiger charge is 2.17. The van der Waals surface area contributed by atoms with Gasteiger partial charge in [0, 0.05) is 19.2 Å². The van der Waals surface area contributed by atoms with Crippen molar-refractivity contribution in [2.24, 2.45) is 5.92 Å². The molecular formula is C10H17NO. The van der Waals surface area contributed by atoms with E-state index in [1.807, 2.05) is 11.1 Å². The van der Waals surface area contributed by atoms with Gasteiger partial charge in [-0.1, -0.05) is 26.3 Å². The lowest BCUT2D eigenvalue weighted by atomic mass is 10.1. The molecule has 1 rings (SSSR count). The molecule has 0 N–H and O–H groups in total. The van der Waals surface area contributed by atoms with Gasteiger partial charge in [-0.3, -0.25) is 4.79 Å². The number of hydrogen-bond acceptors (Lipinski definition) is 1. The normalized spacial score (nSPS) is 20.8. The third-order valence-corrected chi connectivity index (χ3v) is 2.35. The van der Waals surface area contributed by atoms with Gasteiger partial charge in [0.15, 0.2) is 0 Å². The molecular weight excluding hydrogens is 150 g/mol. The molecule has 12 heavy (non-hydrogen) atoms. The van der Waals surface area contributed by atoms with Crippen LogP contribution in [0.2, 0.25) is 0 Å². The number of nitrogens with zero attached hydrogens (tertiary/aromatic N) is 1. The van der Waals surface area contributed by atoms with E-state index in [1.165, 1.54) is 0 Å². The van der Waals surface area contributed by atoms with E-state index >= 15 is 0 Å². The maximum Gasteiger partial charge on any atom is 0.226 e. The van der Waals surface area contributed by atoms with Gasteiger partial charge in [0.05, 0.1) is 0 Å². The van der Waals surface area contributed by atoms with Crippen molar-refractivity contribution in [3.63, 3.8) is 0 Å². The van der Waals surface area contributed by atoms with Crippen LogP contribution in [0.1, 0.15) is 33.1 Å². The molecule has 0 radical (unpaired) electrons. The highest BCUT2D eigenvalue weighted by Crippen LogP contribution is 2.11. The van der Waals surface area contributed by atoms with E-state index in [1.54, 1.807) is 0 Å². The zero-order valence-corrected chi connectivity index (χ0v) is 7.92. The highest BCUT2D eigenvalue weighted by atomic mass is 16.2. The van der Waals surface area contributed by atoms with E-state index < -0.39 is 0 Å². The molecule has 2 nitrogen and oxygen atoms in total. The van der Waals surface area contributed by atoms with Crippen LogP contribution in [0, 0.1) is 5.92 Å². The molecule has 0 aromatic heterocycles. The molecule has 0 aromatic rings. The Hall–Kier alpha value is -0.790. The average molecular weight is 167 g/mol. The molecule has 1 heterocycles. The molecule has 1 amide bonds. The summed E-state index contributed by atoms with van der Waals surface area (Å²) in [5.41, 5.74) is 0. The van der Waals surface area contributed by atoms with Gasteiger partial charge < -0.3 is 4.90 Å². The summed E-state index contributed by atoms with van der Waals surface area (Å²) < 4.78 is 0. The van der Waals surface area contributed by atoms with Crippen molar-refractivity contribution in [2.75, 3.05) is 6.54 Å². The van der Waals surface area contributed by atoms with E-state index in [9.17, 15) is 4.79 Å². The van der Waals surface area contributed by atoms with Crippen molar-refractivity contribution < 1.29 is 4.79 Å². The molecule has 1 atom stereocenters. The fourth-order valence-corrected chi connectivity index (χ4v) is 1.21. The first kappa shape index (κ1) is 9.30. The number of amides is 1. The first-order valence-corrected chi connectivity index (χ1v) is 4.72. The summed E-state index contributed by atoms with van der Waals surface area (Å²) in [5, 5.41) is 0. The Labute approximate surface area is 74.2 Å². The number of carbonyl (C=O) groups is 1. The van der Waals surface area contributed by atoms with Gasteiger partial charge in [0.1, 0.15) is 0 Å². The fourth-order valence-electron chi connectivity index (χ4n) is 1.21. The molecule has 0 aromatic carbocycles. The first-order chi connectivity index (χ1) is 5.74. The lowest BCUT2D eigenvalue weighted by Gasteiger charge is -2.09. The van der Waals surface area contributed by atoms with E-state index in [-0.39, 0.29) is 5.91 Å². The van der Waals surface area contributed by atoms with Crippen LogP contribution in [-0.4, -0.2) is 17.4 Å². The fraction of sp³-hybridized carbons (Fsp3) is 0.700. The molecule has 1 aliphatic heterocycles. The Morgan fingerprint density at radius 3 is 2.92 bits per heavy atom. The van der Waals surface area contributed by atoms with Crippen LogP contribution in [0.5, 0.6) is 0 Å². The lowest BCUT2D eigenvalue weighted by molar-refractivity contribution is -0.125. The summed E-state index contributed by atoms with van der Waals surface area (Å²) >= 11 is 0. The van der Waals surface area contributed by atoms with Crippen molar-refractivity contribution in [3.05, 3.63) is 12.3 Å². The molecule has 2 heteroatoms. The second kappa shape index (κ2) is 4.29. The minimum absolute atomic E-state index is 0.273. The van der Waals surface area contributed by atoms with Crippen LogP contribution in [-0.2, 0) is 4.79 Å². The molecule has 0 aliphatic carbocycles. The second-order valence-electron chi connectivity index (χ2n) is 3.42. The third kappa shape index (κ3) is 2.36. The molecule has 1 saturated heterocycles. The quantitative estimate of drug-likeness (QED) is 0.630. The monoisotopic (exact) mass is 167 g/mol. The zero-order valence-electron chi connectivity index (χ0n) is 7.92. The van der Waals surface area contributed by atoms with E-state index in [4.69, 9.17) is 0 Å². The smallest absolute Gasteiger partial charge is 0.226 e. The number of rotatable bonds is 3. The molecule has 0 saturated carbocycles. The Bertz CT molecular complexity index is 186. The van der Waals surface area contributed by atoms with Gasteiger partial charge in [-0.15, -0.1) is 0 Å². The average Bonchev–Trinajstić information content (AvgIpc) is 2.47. The Balaban J connectivity index is 2.39. The molecule has 68 valence electrons.